The van der Waals surface area contributed by atoms with Gasteiger partial charge >= 0.3 is 16.1 Å². The fourth-order valence-corrected chi connectivity index (χ4v) is 7.57. The first-order valence-electron chi connectivity index (χ1n) is 12.9. The minimum atomic E-state index is -4.17. The highest BCUT2D eigenvalue weighted by Gasteiger charge is 2.44. The summed E-state index contributed by atoms with van der Waals surface area (Å²) < 4.78 is 37.7. The average Bonchev–Trinajstić information content (AvgIpc) is 2.90. The molecule has 9 nitrogen and oxygen atoms in total. The molecule has 0 amide bonds. The third kappa shape index (κ3) is 5.16. The number of allylic oxidation sites excluding steroid dienone is 4. The second kappa shape index (κ2) is 11.0. The Morgan fingerprint density at radius 1 is 1.00 bits per heavy atom. The van der Waals surface area contributed by atoms with Crippen molar-refractivity contribution in [3.05, 3.63) is 73.6 Å². The van der Waals surface area contributed by atoms with Crippen molar-refractivity contribution in [3.63, 3.8) is 0 Å². The summed E-state index contributed by atoms with van der Waals surface area (Å²) >= 11 is 1.96. The number of rotatable bonds is 7. The molecular weight excluding hydrogens is 649 g/mol. The van der Waals surface area contributed by atoms with Gasteiger partial charge in [0, 0.05) is 41.3 Å². The summed E-state index contributed by atoms with van der Waals surface area (Å²) in [5.74, 6) is -1.85. The number of carbonyl (C=O) groups is 3. The number of Topliss-reactive ketones (excluding diaryl/α,β-unsaturated/α-hetero) is 2. The average molecular weight is 678 g/mol. The van der Waals surface area contributed by atoms with Crippen LogP contribution in [0.15, 0.2) is 63.8 Å². The van der Waals surface area contributed by atoms with E-state index in [1.807, 2.05) is 29.5 Å². The van der Waals surface area contributed by atoms with Crippen LogP contribution >= 0.6 is 22.6 Å². The van der Waals surface area contributed by atoms with Gasteiger partial charge in [-0.25, -0.2) is 0 Å². The molecule has 2 aromatic rings. The van der Waals surface area contributed by atoms with Gasteiger partial charge in [-0.15, -0.1) is 0 Å². The largest absolute Gasteiger partial charge is 0.493 e. The molecule has 0 radical (unpaired) electrons. The Balaban J connectivity index is 1.65. The molecule has 0 bridgehead atoms. The molecule has 0 spiro atoms. The van der Waals surface area contributed by atoms with Crippen LogP contribution in [0.2, 0.25) is 0 Å². The van der Waals surface area contributed by atoms with Crippen LogP contribution < -0.4 is 8.92 Å². The van der Waals surface area contributed by atoms with Crippen LogP contribution in [0.25, 0.3) is 0 Å². The highest BCUT2D eigenvalue weighted by atomic mass is 127. The quantitative estimate of drug-likeness (QED) is 0.323. The number of carboxylic acids is 1. The summed E-state index contributed by atoms with van der Waals surface area (Å²) in [4.78, 5) is 40.2. The first-order valence-corrected chi connectivity index (χ1v) is 15.4. The number of hydrogen-bond acceptors (Lipinski definition) is 8. The van der Waals surface area contributed by atoms with Crippen molar-refractivity contribution in [1.82, 2.24) is 4.90 Å². The number of carbonyl (C=O) groups excluding carboxylic acids is 2. The zero-order chi connectivity index (χ0) is 28.8. The molecule has 11 heteroatoms. The number of benzene rings is 2. The molecule has 1 N–H and O–H groups in total. The lowest BCUT2D eigenvalue weighted by atomic mass is 9.71. The topological polar surface area (TPSA) is 127 Å². The normalized spacial score (nSPS) is 18.0. The van der Waals surface area contributed by atoms with Crippen molar-refractivity contribution >= 4 is 50.2 Å². The summed E-state index contributed by atoms with van der Waals surface area (Å²) in [5.41, 5.74) is 3.64. The van der Waals surface area contributed by atoms with Gasteiger partial charge in [0.15, 0.2) is 23.1 Å². The van der Waals surface area contributed by atoms with Crippen LogP contribution in [0.4, 0.5) is 0 Å². The molecule has 3 aliphatic rings. The monoisotopic (exact) mass is 677 g/mol. The van der Waals surface area contributed by atoms with Gasteiger partial charge in [-0.1, -0.05) is 17.7 Å². The number of aryl methyl sites for hydroxylation is 1. The van der Waals surface area contributed by atoms with Crippen LogP contribution in [0.5, 0.6) is 11.5 Å². The molecule has 1 heterocycles. The number of halogens is 1. The van der Waals surface area contributed by atoms with Crippen molar-refractivity contribution in [2.75, 3.05) is 13.7 Å². The molecule has 40 heavy (non-hydrogen) atoms. The Kier molecular flexibility index (Phi) is 7.79. The fraction of sp³-hybridized carbons (Fsp3) is 0.345. The minimum absolute atomic E-state index is 0.00367. The van der Waals surface area contributed by atoms with E-state index >= 15 is 0 Å². The lowest BCUT2D eigenvalue weighted by molar-refractivity contribution is -0.138. The van der Waals surface area contributed by atoms with Crippen molar-refractivity contribution in [2.45, 2.75) is 56.3 Å². The summed E-state index contributed by atoms with van der Waals surface area (Å²) in [6.45, 7) is 1.53. The molecule has 0 aromatic heterocycles. The lowest BCUT2D eigenvalue weighted by Crippen LogP contribution is -2.41. The van der Waals surface area contributed by atoms with Gasteiger partial charge < -0.3 is 18.9 Å². The highest BCUT2D eigenvalue weighted by molar-refractivity contribution is 14.1. The van der Waals surface area contributed by atoms with Crippen LogP contribution in [0.3, 0.4) is 0 Å². The number of carboxylic acid groups (broad SMARTS) is 1. The maximum Gasteiger partial charge on any atom is 0.339 e. The second-order valence-corrected chi connectivity index (χ2v) is 12.8. The standard InChI is InChI=1S/C29H28INO8S/c1-16-9-11-18(12-10-16)40(36,37)39-29-19(30)13-17(14-24(29)38-2)26-27-20(5-3-7-22(27)32)31(15-25(34)35)21-6-4-8-23(33)28(21)26/h9-14,26H,3-8,15H2,1-2H3,(H,34,35). The van der Waals surface area contributed by atoms with Crippen LogP contribution in [-0.4, -0.2) is 49.6 Å². The van der Waals surface area contributed by atoms with Crippen molar-refractivity contribution < 1.29 is 36.8 Å². The Morgan fingerprint density at radius 2 is 1.57 bits per heavy atom. The second-order valence-electron chi connectivity index (χ2n) is 10.1. The smallest absolute Gasteiger partial charge is 0.339 e. The molecule has 2 aliphatic carbocycles. The number of aliphatic carboxylic acids is 1. The van der Waals surface area contributed by atoms with Gasteiger partial charge in [0.05, 0.1) is 10.7 Å². The van der Waals surface area contributed by atoms with E-state index in [1.54, 1.807) is 29.2 Å². The van der Waals surface area contributed by atoms with Crippen LogP contribution in [-0.2, 0) is 24.5 Å². The lowest BCUT2D eigenvalue weighted by Gasteiger charge is -2.43. The number of nitrogens with zero attached hydrogens (tertiary/aromatic N) is 1. The van der Waals surface area contributed by atoms with E-state index in [-0.39, 0.29) is 34.5 Å². The molecule has 0 saturated carbocycles. The maximum atomic E-state index is 13.4. The number of hydrogen-bond donors (Lipinski definition) is 1. The molecule has 210 valence electrons. The van der Waals surface area contributed by atoms with Gasteiger partial charge in [0.25, 0.3) is 0 Å². The first kappa shape index (κ1) is 28.3. The van der Waals surface area contributed by atoms with E-state index < -0.39 is 22.0 Å². The van der Waals surface area contributed by atoms with Gasteiger partial charge in [0.2, 0.25) is 0 Å². The van der Waals surface area contributed by atoms with Crippen molar-refractivity contribution in [2.24, 2.45) is 0 Å². The Labute approximate surface area is 246 Å². The van der Waals surface area contributed by atoms with E-state index in [1.165, 1.54) is 19.2 Å². The molecule has 0 atom stereocenters. The van der Waals surface area contributed by atoms with Gasteiger partial charge in [-0.3, -0.25) is 14.4 Å². The fourth-order valence-electron chi connectivity index (χ4n) is 5.73. The van der Waals surface area contributed by atoms with E-state index in [4.69, 9.17) is 8.92 Å². The van der Waals surface area contributed by atoms with Gasteiger partial charge in [-0.05, 0) is 85.0 Å². The Bertz CT molecular complexity index is 1550. The number of ketones is 2. The zero-order valence-electron chi connectivity index (χ0n) is 22.0. The minimum Gasteiger partial charge on any atom is -0.493 e. The van der Waals surface area contributed by atoms with Crippen LogP contribution in [0.1, 0.15) is 55.6 Å². The third-order valence-electron chi connectivity index (χ3n) is 7.47. The highest BCUT2D eigenvalue weighted by Crippen LogP contribution is 2.50. The third-order valence-corrected chi connectivity index (χ3v) is 9.50. The molecule has 0 unspecified atom stereocenters. The predicted molar refractivity (Wildman–Crippen MR) is 154 cm³/mol. The van der Waals surface area contributed by atoms with E-state index in [2.05, 4.69) is 0 Å². The Hall–Kier alpha value is -3.19. The molecule has 2 aromatic carbocycles. The van der Waals surface area contributed by atoms with Crippen molar-refractivity contribution in [1.29, 1.82) is 0 Å². The molecular formula is C29H28INO8S. The van der Waals surface area contributed by atoms with Crippen molar-refractivity contribution in [3.8, 4) is 11.5 Å². The summed E-state index contributed by atoms with van der Waals surface area (Å²) in [6.07, 6.45) is 2.86. The summed E-state index contributed by atoms with van der Waals surface area (Å²) in [6, 6.07) is 9.61. The summed E-state index contributed by atoms with van der Waals surface area (Å²) in [7, 11) is -2.78. The van der Waals surface area contributed by atoms with E-state index in [0.29, 0.717) is 70.2 Å². The SMILES string of the molecule is COc1cc(C2C3=C(CCCC3=O)N(CC(=O)O)C3=C2C(=O)CCC3)cc(I)c1OS(=O)(=O)c1ccc(C)cc1. The first-order chi connectivity index (χ1) is 19.0. The van der Waals surface area contributed by atoms with E-state index in [0.717, 1.165) is 5.56 Å². The Morgan fingerprint density at radius 3 is 2.10 bits per heavy atom. The van der Waals surface area contributed by atoms with Gasteiger partial charge in [0.1, 0.15) is 11.4 Å². The maximum absolute atomic E-state index is 13.4. The molecule has 5 rings (SSSR count). The molecule has 1 aliphatic heterocycles. The predicted octanol–water partition coefficient (Wildman–Crippen LogP) is 4.87. The number of ether oxygens (including phenoxy) is 1. The molecule has 0 saturated heterocycles. The van der Waals surface area contributed by atoms with E-state index in [9.17, 15) is 27.9 Å². The summed E-state index contributed by atoms with van der Waals surface area (Å²) in [5, 5.41) is 9.65. The van der Waals surface area contributed by atoms with Gasteiger partial charge in [-0.2, -0.15) is 8.42 Å². The number of methoxy groups -OCH3 is 1. The van der Waals surface area contributed by atoms with Crippen LogP contribution in [0, 0.1) is 10.5 Å². The molecule has 0 fully saturated rings. The zero-order valence-corrected chi connectivity index (χ0v) is 25.0.